The van der Waals surface area contributed by atoms with Crippen molar-refractivity contribution < 1.29 is 9.53 Å². The van der Waals surface area contributed by atoms with Crippen molar-refractivity contribution in [1.29, 1.82) is 0 Å². The van der Waals surface area contributed by atoms with Gasteiger partial charge in [-0.05, 0) is 39.0 Å². The SMILES string of the molecule is CC(C)(C)OC(=O)Nc1ccn(-c2nnc3ccccn23)c1. The van der Waals surface area contributed by atoms with Crippen LogP contribution < -0.4 is 5.32 Å². The fourth-order valence-electron chi connectivity index (χ4n) is 2.02. The molecule has 1 amide bonds. The molecule has 0 saturated heterocycles. The summed E-state index contributed by atoms with van der Waals surface area (Å²) in [5.41, 5.74) is 0.852. The highest BCUT2D eigenvalue weighted by Crippen LogP contribution is 2.15. The van der Waals surface area contributed by atoms with E-state index in [4.69, 9.17) is 4.74 Å². The van der Waals surface area contributed by atoms with Crippen LogP contribution in [0.15, 0.2) is 42.9 Å². The van der Waals surface area contributed by atoms with Gasteiger partial charge in [-0.2, -0.15) is 0 Å². The summed E-state index contributed by atoms with van der Waals surface area (Å²) in [4.78, 5) is 11.8. The quantitative estimate of drug-likeness (QED) is 0.789. The van der Waals surface area contributed by atoms with E-state index in [2.05, 4.69) is 15.5 Å². The second kappa shape index (κ2) is 5.18. The maximum Gasteiger partial charge on any atom is 0.412 e. The van der Waals surface area contributed by atoms with Gasteiger partial charge in [-0.15, -0.1) is 10.2 Å². The van der Waals surface area contributed by atoms with Gasteiger partial charge < -0.3 is 4.74 Å². The van der Waals surface area contributed by atoms with E-state index in [1.807, 2.05) is 49.6 Å². The van der Waals surface area contributed by atoms with E-state index in [0.29, 0.717) is 11.6 Å². The number of fused-ring (bicyclic) bond motifs is 1. The van der Waals surface area contributed by atoms with Gasteiger partial charge in [0.25, 0.3) is 0 Å². The van der Waals surface area contributed by atoms with Crippen molar-refractivity contribution in [2.24, 2.45) is 0 Å². The molecule has 22 heavy (non-hydrogen) atoms. The van der Waals surface area contributed by atoms with Crippen LogP contribution in [0.25, 0.3) is 11.6 Å². The van der Waals surface area contributed by atoms with Crippen molar-refractivity contribution in [1.82, 2.24) is 19.2 Å². The largest absolute Gasteiger partial charge is 0.444 e. The molecule has 0 aliphatic rings. The lowest BCUT2D eigenvalue weighted by Gasteiger charge is -2.19. The van der Waals surface area contributed by atoms with Crippen LogP contribution in [0, 0.1) is 0 Å². The fraction of sp³-hybridized carbons (Fsp3) is 0.267. The first-order chi connectivity index (χ1) is 10.4. The standard InChI is InChI=1S/C15H17N5O2/c1-15(2,3)22-14(21)16-11-7-9-19(10-11)13-18-17-12-6-4-5-8-20(12)13/h4-10H,1-3H3,(H,16,21). The second-order valence-corrected chi connectivity index (χ2v) is 5.86. The summed E-state index contributed by atoms with van der Waals surface area (Å²) in [6, 6.07) is 7.45. The Kier molecular flexibility index (Phi) is 3.32. The lowest BCUT2D eigenvalue weighted by Crippen LogP contribution is -2.27. The molecule has 0 radical (unpaired) electrons. The van der Waals surface area contributed by atoms with E-state index in [0.717, 1.165) is 5.65 Å². The number of hydrogen-bond acceptors (Lipinski definition) is 4. The summed E-state index contributed by atoms with van der Waals surface area (Å²) in [7, 11) is 0. The third kappa shape index (κ3) is 2.93. The minimum atomic E-state index is -0.532. The molecule has 3 aromatic rings. The molecule has 0 saturated carbocycles. The molecule has 7 nitrogen and oxygen atoms in total. The molecule has 0 aliphatic heterocycles. The first-order valence-electron chi connectivity index (χ1n) is 6.90. The van der Waals surface area contributed by atoms with Gasteiger partial charge in [-0.25, -0.2) is 4.79 Å². The topological polar surface area (TPSA) is 73.4 Å². The predicted molar refractivity (Wildman–Crippen MR) is 82.2 cm³/mol. The Balaban J connectivity index is 1.81. The molecule has 0 aliphatic carbocycles. The van der Waals surface area contributed by atoms with Crippen LogP contribution in [0.2, 0.25) is 0 Å². The van der Waals surface area contributed by atoms with Gasteiger partial charge in [0, 0.05) is 18.6 Å². The number of carbonyl (C=O) groups is 1. The van der Waals surface area contributed by atoms with Crippen LogP contribution >= 0.6 is 0 Å². The van der Waals surface area contributed by atoms with Gasteiger partial charge in [-0.1, -0.05) is 6.07 Å². The summed E-state index contributed by atoms with van der Waals surface area (Å²) >= 11 is 0. The summed E-state index contributed by atoms with van der Waals surface area (Å²) < 4.78 is 8.86. The van der Waals surface area contributed by atoms with Crippen LogP contribution in [0.4, 0.5) is 10.5 Å². The number of hydrogen-bond donors (Lipinski definition) is 1. The number of anilines is 1. The van der Waals surface area contributed by atoms with Crippen LogP contribution in [-0.2, 0) is 4.74 Å². The molecule has 3 aromatic heterocycles. The number of pyridine rings is 1. The Morgan fingerprint density at radius 1 is 1.18 bits per heavy atom. The molecule has 3 rings (SSSR count). The highest BCUT2D eigenvalue weighted by molar-refractivity contribution is 5.84. The maximum atomic E-state index is 11.8. The van der Waals surface area contributed by atoms with E-state index in [1.165, 1.54) is 0 Å². The Morgan fingerprint density at radius 3 is 2.77 bits per heavy atom. The summed E-state index contributed by atoms with van der Waals surface area (Å²) in [6.07, 6.45) is 4.95. The first-order valence-corrected chi connectivity index (χ1v) is 6.90. The number of aromatic nitrogens is 4. The molecule has 0 fully saturated rings. The number of rotatable bonds is 2. The summed E-state index contributed by atoms with van der Waals surface area (Å²) in [5.74, 6) is 0.646. The van der Waals surface area contributed by atoms with Gasteiger partial charge in [0.1, 0.15) is 5.60 Å². The van der Waals surface area contributed by atoms with E-state index < -0.39 is 11.7 Å². The first kappa shape index (κ1) is 14.1. The Morgan fingerprint density at radius 2 is 2.00 bits per heavy atom. The van der Waals surface area contributed by atoms with Crippen LogP contribution in [-0.4, -0.2) is 30.9 Å². The fourth-order valence-corrected chi connectivity index (χ4v) is 2.02. The maximum absolute atomic E-state index is 11.8. The zero-order valence-electron chi connectivity index (χ0n) is 12.6. The van der Waals surface area contributed by atoms with Crippen molar-refractivity contribution in [3.05, 3.63) is 42.9 Å². The monoisotopic (exact) mass is 299 g/mol. The van der Waals surface area contributed by atoms with Gasteiger partial charge >= 0.3 is 6.09 Å². The Bertz CT molecular complexity index is 813. The third-order valence-corrected chi connectivity index (χ3v) is 2.86. The van der Waals surface area contributed by atoms with Crippen molar-refractivity contribution in [2.75, 3.05) is 5.32 Å². The normalized spacial score (nSPS) is 11.6. The number of nitrogens with zero attached hydrogens (tertiary/aromatic N) is 4. The molecule has 3 heterocycles. The van der Waals surface area contributed by atoms with Crippen molar-refractivity contribution in [2.45, 2.75) is 26.4 Å². The average molecular weight is 299 g/mol. The minimum Gasteiger partial charge on any atom is -0.444 e. The molecular formula is C15H17N5O2. The van der Waals surface area contributed by atoms with E-state index >= 15 is 0 Å². The average Bonchev–Trinajstić information content (AvgIpc) is 3.02. The lowest BCUT2D eigenvalue weighted by molar-refractivity contribution is 0.0636. The second-order valence-electron chi connectivity index (χ2n) is 5.86. The highest BCUT2D eigenvalue weighted by Gasteiger charge is 2.16. The number of carbonyl (C=O) groups excluding carboxylic acids is 1. The summed E-state index contributed by atoms with van der Waals surface area (Å²) in [6.45, 7) is 5.46. The third-order valence-electron chi connectivity index (χ3n) is 2.86. The highest BCUT2D eigenvalue weighted by atomic mass is 16.6. The Labute approximate surface area is 127 Å². The molecule has 1 N–H and O–H groups in total. The molecule has 7 heteroatoms. The van der Waals surface area contributed by atoms with Crippen LogP contribution in [0.1, 0.15) is 20.8 Å². The molecule has 0 aromatic carbocycles. The Hall–Kier alpha value is -2.83. The van der Waals surface area contributed by atoms with Crippen molar-refractivity contribution in [3.8, 4) is 5.95 Å². The lowest BCUT2D eigenvalue weighted by atomic mass is 10.2. The molecule has 0 bridgehead atoms. The van der Waals surface area contributed by atoms with Gasteiger partial charge in [0.2, 0.25) is 5.95 Å². The van der Waals surface area contributed by atoms with Crippen molar-refractivity contribution in [3.63, 3.8) is 0 Å². The van der Waals surface area contributed by atoms with E-state index in [1.54, 1.807) is 23.0 Å². The molecular weight excluding hydrogens is 282 g/mol. The molecule has 114 valence electrons. The van der Waals surface area contributed by atoms with Crippen LogP contribution in [0.5, 0.6) is 0 Å². The minimum absolute atomic E-state index is 0.489. The van der Waals surface area contributed by atoms with Crippen LogP contribution in [0.3, 0.4) is 0 Å². The number of ether oxygens (including phenoxy) is 1. The van der Waals surface area contributed by atoms with Crippen molar-refractivity contribution >= 4 is 17.4 Å². The molecule has 0 unspecified atom stereocenters. The smallest absolute Gasteiger partial charge is 0.412 e. The summed E-state index contributed by atoms with van der Waals surface area (Å²) in [5, 5.41) is 10.9. The zero-order chi connectivity index (χ0) is 15.7. The zero-order valence-corrected chi connectivity index (χ0v) is 12.6. The van der Waals surface area contributed by atoms with Gasteiger partial charge in [0.15, 0.2) is 5.65 Å². The van der Waals surface area contributed by atoms with Gasteiger partial charge in [0.05, 0.1) is 5.69 Å². The predicted octanol–water partition coefficient (Wildman–Crippen LogP) is 2.87. The number of amides is 1. The van der Waals surface area contributed by atoms with Gasteiger partial charge in [-0.3, -0.25) is 14.3 Å². The van der Waals surface area contributed by atoms with E-state index in [9.17, 15) is 4.79 Å². The number of nitrogens with one attached hydrogen (secondary N) is 1. The van der Waals surface area contributed by atoms with E-state index in [-0.39, 0.29) is 0 Å². The molecule has 0 atom stereocenters. The molecule has 0 spiro atoms.